The summed E-state index contributed by atoms with van der Waals surface area (Å²) >= 11 is 3.51. The fourth-order valence-electron chi connectivity index (χ4n) is 2.09. The van der Waals surface area contributed by atoms with Crippen LogP contribution in [0.4, 0.5) is 5.69 Å². The first-order valence-electron chi connectivity index (χ1n) is 7.24. The number of unbranched alkanes of at least 4 members (excludes halogenated alkanes) is 6. The summed E-state index contributed by atoms with van der Waals surface area (Å²) in [5.74, 6) is 0. The van der Waals surface area contributed by atoms with Gasteiger partial charge in [-0.15, -0.1) is 0 Å². The summed E-state index contributed by atoms with van der Waals surface area (Å²) in [5.41, 5.74) is 2.58. The van der Waals surface area contributed by atoms with Gasteiger partial charge in [0.15, 0.2) is 0 Å². The average Bonchev–Trinajstić information content (AvgIpc) is 2.36. The largest absolute Gasteiger partial charge is 0.385 e. The van der Waals surface area contributed by atoms with Crippen molar-refractivity contribution in [3.05, 3.63) is 28.2 Å². The Morgan fingerprint density at radius 3 is 2.39 bits per heavy atom. The van der Waals surface area contributed by atoms with Crippen molar-refractivity contribution in [1.29, 1.82) is 0 Å². The first-order chi connectivity index (χ1) is 8.74. The molecular weight excluding hydrogens is 286 g/mol. The Morgan fingerprint density at radius 2 is 1.67 bits per heavy atom. The summed E-state index contributed by atoms with van der Waals surface area (Å²) in [6.07, 6.45) is 9.57. The molecule has 0 amide bonds. The number of halogens is 1. The first kappa shape index (κ1) is 15.6. The molecule has 0 spiro atoms. The molecule has 0 unspecified atom stereocenters. The highest BCUT2D eigenvalue weighted by Crippen LogP contribution is 2.20. The predicted molar refractivity (Wildman–Crippen MR) is 85.4 cm³/mol. The second-order valence-electron chi connectivity index (χ2n) is 5.01. The van der Waals surface area contributed by atoms with E-state index in [4.69, 9.17) is 0 Å². The Labute approximate surface area is 120 Å². The van der Waals surface area contributed by atoms with Gasteiger partial charge in [-0.05, 0) is 31.0 Å². The molecule has 102 valence electrons. The highest BCUT2D eigenvalue weighted by atomic mass is 79.9. The molecule has 0 fully saturated rings. The topological polar surface area (TPSA) is 12.0 Å². The Hall–Kier alpha value is -0.500. The normalized spacial score (nSPS) is 10.6. The minimum absolute atomic E-state index is 1.09. The van der Waals surface area contributed by atoms with E-state index in [0.29, 0.717) is 0 Å². The molecule has 1 aromatic rings. The van der Waals surface area contributed by atoms with E-state index in [1.54, 1.807) is 0 Å². The summed E-state index contributed by atoms with van der Waals surface area (Å²) in [5, 5.41) is 3.53. The third-order valence-corrected chi connectivity index (χ3v) is 3.79. The van der Waals surface area contributed by atoms with Crippen LogP contribution in [0.15, 0.2) is 22.7 Å². The fourth-order valence-corrected chi connectivity index (χ4v) is 2.45. The van der Waals surface area contributed by atoms with Crippen molar-refractivity contribution in [3.63, 3.8) is 0 Å². The predicted octanol–water partition coefficient (Wildman–Crippen LogP) is 5.92. The summed E-state index contributed by atoms with van der Waals surface area (Å²) < 4.78 is 1.15. The molecule has 1 rings (SSSR count). The second-order valence-corrected chi connectivity index (χ2v) is 5.92. The first-order valence-corrected chi connectivity index (χ1v) is 8.03. The zero-order chi connectivity index (χ0) is 13.2. The molecule has 0 aliphatic heterocycles. The molecule has 0 aliphatic rings. The van der Waals surface area contributed by atoms with Gasteiger partial charge in [-0.25, -0.2) is 0 Å². The van der Waals surface area contributed by atoms with E-state index >= 15 is 0 Å². The van der Waals surface area contributed by atoms with E-state index in [1.807, 2.05) is 0 Å². The van der Waals surface area contributed by atoms with Gasteiger partial charge in [0.2, 0.25) is 0 Å². The monoisotopic (exact) mass is 311 g/mol. The molecule has 0 aromatic heterocycles. The zero-order valence-electron chi connectivity index (χ0n) is 11.8. The van der Waals surface area contributed by atoms with Crippen LogP contribution in [0.3, 0.4) is 0 Å². The van der Waals surface area contributed by atoms with Gasteiger partial charge in [0.05, 0.1) is 0 Å². The van der Waals surface area contributed by atoms with E-state index in [9.17, 15) is 0 Å². The van der Waals surface area contributed by atoms with Crippen LogP contribution in [-0.4, -0.2) is 6.54 Å². The van der Waals surface area contributed by atoms with Crippen LogP contribution in [-0.2, 0) is 0 Å². The van der Waals surface area contributed by atoms with Gasteiger partial charge in [-0.2, -0.15) is 0 Å². The van der Waals surface area contributed by atoms with Gasteiger partial charge in [0.1, 0.15) is 0 Å². The molecule has 0 saturated carbocycles. The van der Waals surface area contributed by atoms with Gasteiger partial charge < -0.3 is 5.32 Å². The highest BCUT2D eigenvalue weighted by molar-refractivity contribution is 9.10. The summed E-state index contributed by atoms with van der Waals surface area (Å²) in [4.78, 5) is 0. The van der Waals surface area contributed by atoms with Gasteiger partial charge in [-0.3, -0.25) is 0 Å². The number of aryl methyl sites for hydroxylation is 1. The zero-order valence-corrected chi connectivity index (χ0v) is 13.4. The van der Waals surface area contributed by atoms with E-state index in [1.165, 1.54) is 56.2 Å². The molecule has 0 heterocycles. The summed E-state index contributed by atoms with van der Waals surface area (Å²) in [6.45, 7) is 5.51. The Kier molecular flexibility index (Phi) is 8.15. The molecule has 0 radical (unpaired) electrons. The smallest absolute Gasteiger partial charge is 0.0381 e. The molecule has 18 heavy (non-hydrogen) atoms. The number of rotatable bonds is 9. The Balaban J connectivity index is 2.09. The molecule has 0 bridgehead atoms. The van der Waals surface area contributed by atoms with Crippen LogP contribution in [0.1, 0.15) is 57.4 Å². The van der Waals surface area contributed by atoms with E-state index in [2.05, 4.69) is 53.3 Å². The molecular formula is C16H26BrN. The molecule has 2 heteroatoms. The molecule has 1 nitrogen and oxygen atoms in total. The molecule has 0 atom stereocenters. The fraction of sp³-hybridized carbons (Fsp3) is 0.625. The van der Waals surface area contributed by atoms with Crippen molar-refractivity contribution in [2.24, 2.45) is 0 Å². The van der Waals surface area contributed by atoms with Crippen molar-refractivity contribution < 1.29 is 0 Å². The van der Waals surface area contributed by atoms with Gasteiger partial charge in [0.25, 0.3) is 0 Å². The van der Waals surface area contributed by atoms with Crippen LogP contribution < -0.4 is 5.32 Å². The maximum atomic E-state index is 3.53. The van der Waals surface area contributed by atoms with E-state index in [0.717, 1.165) is 11.0 Å². The minimum atomic E-state index is 1.09. The SMILES string of the molecule is CCCCCCCCCNc1cc(Br)ccc1C. The van der Waals surface area contributed by atoms with Crippen LogP contribution in [0.2, 0.25) is 0 Å². The lowest BCUT2D eigenvalue weighted by Crippen LogP contribution is -2.02. The molecule has 1 aromatic carbocycles. The lowest BCUT2D eigenvalue weighted by Gasteiger charge is -2.09. The lowest BCUT2D eigenvalue weighted by molar-refractivity contribution is 0.596. The van der Waals surface area contributed by atoms with E-state index in [-0.39, 0.29) is 0 Å². The molecule has 1 N–H and O–H groups in total. The van der Waals surface area contributed by atoms with Crippen LogP contribution in [0.5, 0.6) is 0 Å². The minimum Gasteiger partial charge on any atom is -0.385 e. The van der Waals surface area contributed by atoms with Crippen molar-refractivity contribution in [2.75, 3.05) is 11.9 Å². The van der Waals surface area contributed by atoms with Crippen LogP contribution in [0, 0.1) is 6.92 Å². The number of hydrogen-bond acceptors (Lipinski definition) is 1. The molecule has 0 saturated heterocycles. The maximum Gasteiger partial charge on any atom is 0.0381 e. The molecule has 0 aliphatic carbocycles. The Bertz CT molecular complexity index is 336. The average molecular weight is 312 g/mol. The quantitative estimate of drug-likeness (QED) is 0.558. The van der Waals surface area contributed by atoms with Crippen molar-refractivity contribution in [1.82, 2.24) is 0 Å². The van der Waals surface area contributed by atoms with Gasteiger partial charge in [-0.1, -0.05) is 67.4 Å². The Morgan fingerprint density at radius 1 is 1.00 bits per heavy atom. The third-order valence-electron chi connectivity index (χ3n) is 3.30. The third kappa shape index (κ3) is 6.44. The summed E-state index contributed by atoms with van der Waals surface area (Å²) in [7, 11) is 0. The number of nitrogens with one attached hydrogen (secondary N) is 1. The summed E-state index contributed by atoms with van der Waals surface area (Å²) in [6, 6.07) is 6.40. The number of benzene rings is 1. The lowest BCUT2D eigenvalue weighted by atomic mass is 10.1. The van der Waals surface area contributed by atoms with Crippen molar-refractivity contribution in [2.45, 2.75) is 58.8 Å². The maximum absolute atomic E-state index is 3.53. The van der Waals surface area contributed by atoms with E-state index < -0.39 is 0 Å². The second kappa shape index (κ2) is 9.43. The van der Waals surface area contributed by atoms with Gasteiger partial charge >= 0.3 is 0 Å². The van der Waals surface area contributed by atoms with Crippen molar-refractivity contribution >= 4 is 21.6 Å². The standard InChI is InChI=1S/C16H26BrN/c1-3-4-5-6-7-8-9-12-18-16-13-15(17)11-10-14(16)2/h10-11,13,18H,3-9,12H2,1-2H3. The number of hydrogen-bond donors (Lipinski definition) is 1. The van der Waals surface area contributed by atoms with Crippen LogP contribution in [0.25, 0.3) is 0 Å². The van der Waals surface area contributed by atoms with Crippen molar-refractivity contribution in [3.8, 4) is 0 Å². The van der Waals surface area contributed by atoms with Crippen LogP contribution >= 0.6 is 15.9 Å². The highest BCUT2D eigenvalue weighted by Gasteiger charge is 1.98. The van der Waals surface area contributed by atoms with Gasteiger partial charge in [0, 0.05) is 16.7 Å². The number of anilines is 1.